The van der Waals surface area contributed by atoms with Gasteiger partial charge in [-0.3, -0.25) is 9.59 Å². The number of hydrogen-bond acceptors (Lipinski definition) is 2. The summed E-state index contributed by atoms with van der Waals surface area (Å²) in [5, 5.41) is 2.71. The molecular formula is C27H29FN2O2. The molecule has 0 spiro atoms. The lowest BCUT2D eigenvalue weighted by atomic mass is 9.99. The molecule has 3 aromatic carbocycles. The molecule has 0 heterocycles. The highest BCUT2D eigenvalue weighted by molar-refractivity contribution is 5.88. The van der Waals surface area contributed by atoms with Gasteiger partial charge in [0, 0.05) is 20.0 Å². The molecule has 1 unspecified atom stereocenters. The zero-order chi connectivity index (χ0) is 23.1. The van der Waals surface area contributed by atoms with Crippen molar-refractivity contribution in [2.45, 2.75) is 39.3 Å². The van der Waals surface area contributed by atoms with Crippen LogP contribution in [0.5, 0.6) is 0 Å². The Labute approximate surface area is 189 Å². The number of nitrogens with zero attached hydrogens (tertiary/aromatic N) is 1. The van der Waals surface area contributed by atoms with Crippen LogP contribution in [0.2, 0.25) is 0 Å². The van der Waals surface area contributed by atoms with E-state index in [1.807, 2.05) is 62.4 Å². The molecule has 166 valence electrons. The van der Waals surface area contributed by atoms with Crippen LogP contribution in [0.15, 0.2) is 72.8 Å². The van der Waals surface area contributed by atoms with Crippen molar-refractivity contribution in [1.82, 2.24) is 10.2 Å². The van der Waals surface area contributed by atoms with E-state index in [4.69, 9.17) is 0 Å². The second-order valence-corrected chi connectivity index (χ2v) is 8.07. The maximum atomic E-state index is 13.6. The molecule has 32 heavy (non-hydrogen) atoms. The Balaban J connectivity index is 1.96. The second kappa shape index (κ2) is 10.7. The minimum atomic E-state index is -0.690. The molecule has 1 N–H and O–H groups in total. The molecule has 1 atom stereocenters. The average molecular weight is 433 g/mol. The smallest absolute Gasteiger partial charge is 0.242 e. The zero-order valence-corrected chi connectivity index (χ0v) is 18.8. The monoisotopic (exact) mass is 432 g/mol. The highest BCUT2D eigenvalue weighted by Crippen LogP contribution is 2.18. The van der Waals surface area contributed by atoms with Gasteiger partial charge < -0.3 is 10.2 Å². The molecule has 0 bridgehead atoms. The van der Waals surface area contributed by atoms with Crippen LogP contribution in [0.25, 0.3) is 0 Å². The number of carbonyl (C=O) groups is 2. The minimum absolute atomic E-state index is 0.146. The molecule has 0 aliphatic carbocycles. The van der Waals surface area contributed by atoms with E-state index in [1.54, 1.807) is 24.1 Å². The van der Waals surface area contributed by atoms with Gasteiger partial charge in [0.2, 0.25) is 11.8 Å². The summed E-state index contributed by atoms with van der Waals surface area (Å²) >= 11 is 0. The summed E-state index contributed by atoms with van der Waals surface area (Å²) in [5.74, 6) is -0.716. The lowest BCUT2D eigenvalue weighted by molar-refractivity contribution is -0.140. The Morgan fingerprint density at radius 1 is 0.938 bits per heavy atom. The summed E-state index contributed by atoms with van der Waals surface area (Å²) in [4.78, 5) is 28.1. The van der Waals surface area contributed by atoms with Gasteiger partial charge in [-0.15, -0.1) is 0 Å². The van der Waals surface area contributed by atoms with Crippen molar-refractivity contribution >= 4 is 11.8 Å². The summed E-state index contributed by atoms with van der Waals surface area (Å²) in [7, 11) is 1.57. The number of hydrogen-bond donors (Lipinski definition) is 1. The summed E-state index contributed by atoms with van der Waals surface area (Å²) < 4.78 is 13.4. The number of rotatable bonds is 8. The predicted octanol–water partition coefficient (Wildman–Crippen LogP) is 4.37. The summed E-state index contributed by atoms with van der Waals surface area (Å²) in [6.45, 7) is 4.19. The molecule has 5 heteroatoms. The van der Waals surface area contributed by atoms with E-state index in [-0.39, 0.29) is 30.6 Å². The van der Waals surface area contributed by atoms with Crippen molar-refractivity contribution in [3.8, 4) is 0 Å². The third-order valence-electron chi connectivity index (χ3n) is 5.63. The van der Waals surface area contributed by atoms with Gasteiger partial charge in [-0.05, 0) is 48.2 Å². The molecule has 0 aliphatic heterocycles. The molecule has 3 aromatic rings. The van der Waals surface area contributed by atoms with Crippen molar-refractivity contribution in [1.29, 1.82) is 0 Å². The number of amides is 2. The highest BCUT2D eigenvalue weighted by Gasteiger charge is 2.30. The van der Waals surface area contributed by atoms with Gasteiger partial charge >= 0.3 is 0 Å². The van der Waals surface area contributed by atoms with Crippen LogP contribution >= 0.6 is 0 Å². The van der Waals surface area contributed by atoms with Crippen molar-refractivity contribution in [2.24, 2.45) is 0 Å². The standard InChI is InChI=1S/C27H29FN2O2/c1-19-9-10-20(2)23(15-19)17-26(31)30(18-22-11-13-24(28)14-12-22)25(27(32)29-3)16-21-7-5-4-6-8-21/h4-15,25H,16-18H2,1-3H3,(H,29,32). The molecule has 0 aliphatic rings. The Hall–Kier alpha value is -3.47. The van der Waals surface area contributed by atoms with Crippen LogP contribution in [0.4, 0.5) is 4.39 Å². The normalized spacial score (nSPS) is 11.6. The first-order valence-electron chi connectivity index (χ1n) is 10.7. The number of benzene rings is 3. The van der Waals surface area contributed by atoms with Gasteiger partial charge in [0.1, 0.15) is 11.9 Å². The van der Waals surface area contributed by atoms with Crippen LogP contribution in [0.1, 0.15) is 27.8 Å². The average Bonchev–Trinajstić information content (AvgIpc) is 2.80. The van der Waals surface area contributed by atoms with Crippen molar-refractivity contribution in [3.63, 3.8) is 0 Å². The van der Waals surface area contributed by atoms with Gasteiger partial charge in [0.15, 0.2) is 0 Å². The molecular weight excluding hydrogens is 403 g/mol. The maximum Gasteiger partial charge on any atom is 0.242 e. The molecule has 0 fully saturated rings. The number of nitrogens with one attached hydrogen (secondary N) is 1. The predicted molar refractivity (Wildman–Crippen MR) is 125 cm³/mol. The van der Waals surface area contributed by atoms with Crippen LogP contribution in [0.3, 0.4) is 0 Å². The Kier molecular flexibility index (Phi) is 7.77. The van der Waals surface area contributed by atoms with E-state index in [2.05, 4.69) is 5.32 Å². The summed E-state index contributed by atoms with van der Waals surface area (Å²) in [5.41, 5.74) is 4.78. The van der Waals surface area contributed by atoms with Crippen LogP contribution in [-0.2, 0) is 29.0 Å². The summed E-state index contributed by atoms with van der Waals surface area (Å²) in [6.07, 6.45) is 0.581. The topological polar surface area (TPSA) is 49.4 Å². The van der Waals surface area contributed by atoms with Gasteiger partial charge in [-0.25, -0.2) is 4.39 Å². The van der Waals surface area contributed by atoms with E-state index in [0.29, 0.717) is 6.42 Å². The van der Waals surface area contributed by atoms with E-state index in [1.165, 1.54) is 12.1 Å². The van der Waals surface area contributed by atoms with Crippen LogP contribution in [0, 0.1) is 19.7 Å². The number of halogens is 1. The Bertz CT molecular complexity index is 1060. The molecule has 0 saturated carbocycles. The molecule has 0 aromatic heterocycles. The molecule has 0 saturated heterocycles. The van der Waals surface area contributed by atoms with Crippen molar-refractivity contribution in [3.05, 3.63) is 106 Å². The maximum absolute atomic E-state index is 13.6. The lowest BCUT2D eigenvalue weighted by Gasteiger charge is -2.31. The third kappa shape index (κ3) is 6.03. The SMILES string of the molecule is CNC(=O)C(Cc1ccccc1)N(Cc1ccc(F)cc1)C(=O)Cc1cc(C)ccc1C. The van der Waals surface area contributed by atoms with Gasteiger partial charge in [-0.1, -0.05) is 66.2 Å². The van der Waals surface area contributed by atoms with E-state index in [9.17, 15) is 14.0 Å². The Morgan fingerprint density at radius 3 is 2.28 bits per heavy atom. The number of carbonyl (C=O) groups excluding carboxylic acids is 2. The first kappa shape index (κ1) is 23.2. The first-order chi connectivity index (χ1) is 15.4. The number of likely N-dealkylation sites (N-methyl/N-ethyl adjacent to an activating group) is 1. The molecule has 2 amide bonds. The van der Waals surface area contributed by atoms with Crippen LogP contribution in [-0.4, -0.2) is 29.8 Å². The zero-order valence-electron chi connectivity index (χ0n) is 18.8. The summed E-state index contributed by atoms with van der Waals surface area (Å²) in [6, 6.07) is 21.0. The van der Waals surface area contributed by atoms with E-state index in [0.717, 1.165) is 27.8 Å². The third-order valence-corrected chi connectivity index (χ3v) is 5.63. The highest BCUT2D eigenvalue weighted by atomic mass is 19.1. The fourth-order valence-electron chi connectivity index (χ4n) is 3.76. The van der Waals surface area contributed by atoms with Crippen molar-refractivity contribution in [2.75, 3.05) is 7.05 Å². The van der Waals surface area contributed by atoms with E-state index >= 15 is 0 Å². The lowest BCUT2D eigenvalue weighted by Crippen LogP contribution is -2.50. The molecule has 0 radical (unpaired) electrons. The van der Waals surface area contributed by atoms with Crippen LogP contribution < -0.4 is 5.32 Å². The quantitative estimate of drug-likeness (QED) is 0.575. The first-order valence-corrected chi connectivity index (χ1v) is 10.7. The number of aryl methyl sites for hydroxylation is 2. The fourth-order valence-corrected chi connectivity index (χ4v) is 3.76. The molecule has 4 nitrogen and oxygen atoms in total. The van der Waals surface area contributed by atoms with Gasteiger partial charge in [-0.2, -0.15) is 0 Å². The second-order valence-electron chi connectivity index (χ2n) is 8.07. The van der Waals surface area contributed by atoms with Gasteiger partial charge in [0.25, 0.3) is 0 Å². The van der Waals surface area contributed by atoms with Crippen molar-refractivity contribution < 1.29 is 14.0 Å². The largest absolute Gasteiger partial charge is 0.357 e. The molecule has 3 rings (SSSR count). The fraction of sp³-hybridized carbons (Fsp3) is 0.259. The van der Waals surface area contributed by atoms with E-state index < -0.39 is 6.04 Å². The minimum Gasteiger partial charge on any atom is -0.357 e. The van der Waals surface area contributed by atoms with Gasteiger partial charge in [0.05, 0.1) is 6.42 Å². The Morgan fingerprint density at radius 2 is 1.62 bits per heavy atom.